The summed E-state index contributed by atoms with van der Waals surface area (Å²) in [4.78, 5) is 0. The highest BCUT2D eigenvalue weighted by Gasteiger charge is 2.21. The van der Waals surface area contributed by atoms with Crippen LogP contribution in [0.3, 0.4) is 0 Å². The lowest BCUT2D eigenvalue weighted by Gasteiger charge is -2.17. The van der Waals surface area contributed by atoms with Gasteiger partial charge < -0.3 is 10.1 Å². The van der Waals surface area contributed by atoms with Crippen LogP contribution in [-0.2, 0) is 23.7 Å². The smallest absolute Gasteiger partial charge is 0.0722 e. The van der Waals surface area contributed by atoms with Gasteiger partial charge in [0.25, 0.3) is 0 Å². The Morgan fingerprint density at radius 1 is 1.33 bits per heavy atom. The standard InChI is InChI=1S/C14H27N3O/c1-14(2,3)13-12(11-17(4)16-13)10-15-8-6-7-9-18-5/h11,15H,6-10H2,1-5H3. The van der Waals surface area contributed by atoms with Crippen molar-refractivity contribution in [3.63, 3.8) is 0 Å². The Balaban J connectivity index is 2.42. The molecule has 1 aromatic heterocycles. The number of hydrogen-bond acceptors (Lipinski definition) is 3. The number of nitrogens with one attached hydrogen (secondary N) is 1. The quantitative estimate of drug-likeness (QED) is 0.757. The van der Waals surface area contributed by atoms with Crippen molar-refractivity contribution in [1.29, 1.82) is 0 Å². The zero-order valence-electron chi connectivity index (χ0n) is 12.4. The van der Waals surface area contributed by atoms with E-state index in [2.05, 4.69) is 37.4 Å². The van der Waals surface area contributed by atoms with E-state index in [9.17, 15) is 0 Å². The first-order valence-corrected chi connectivity index (χ1v) is 6.68. The number of methoxy groups -OCH3 is 1. The van der Waals surface area contributed by atoms with Crippen molar-refractivity contribution >= 4 is 0 Å². The van der Waals surface area contributed by atoms with E-state index in [1.807, 2.05) is 11.7 Å². The molecule has 0 radical (unpaired) electrons. The van der Waals surface area contributed by atoms with Crippen molar-refractivity contribution in [1.82, 2.24) is 15.1 Å². The van der Waals surface area contributed by atoms with E-state index in [0.717, 1.165) is 32.5 Å². The van der Waals surface area contributed by atoms with Gasteiger partial charge >= 0.3 is 0 Å². The van der Waals surface area contributed by atoms with Crippen LogP contribution in [-0.4, -0.2) is 30.0 Å². The molecule has 1 aromatic rings. The maximum Gasteiger partial charge on any atom is 0.0722 e. The first-order valence-electron chi connectivity index (χ1n) is 6.68. The molecular weight excluding hydrogens is 226 g/mol. The fraction of sp³-hybridized carbons (Fsp3) is 0.786. The van der Waals surface area contributed by atoms with E-state index < -0.39 is 0 Å². The second-order valence-corrected chi connectivity index (χ2v) is 5.80. The third-order valence-electron chi connectivity index (χ3n) is 2.88. The number of unbranched alkanes of at least 4 members (excludes halogenated alkanes) is 1. The molecule has 0 aromatic carbocycles. The summed E-state index contributed by atoms with van der Waals surface area (Å²) in [6.07, 6.45) is 4.38. The maximum atomic E-state index is 5.03. The lowest BCUT2D eigenvalue weighted by atomic mass is 9.89. The van der Waals surface area contributed by atoms with Crippen LogP contribution in [0.25, 0.3) is 0 Å². The summed E-state index contributed by atoms with van der Waals surface area (Å²) < 4.78 is 6.94. The van der Waals surface area contributed by atoms with Crippen molar-refractivity contribution in [3.8, 4) is 0 Å². The molecular formula is C14H27N3O. The van der Waals surface area contributed by atoms with Gasteiger partial charge in [0.15, 0.2) is 0 Å². The van der Waals surface area contributed by atoms with Gasteiger partial charge in [0.2, 0.25) is 0 Å². The number of nitrogens with zero attached hydrogens (tertiary/aromatic N) is 2. The Bertz CT molecular complexity index is 352. The van der Waals surface area contributed by atoms with Gasteiger partial charge in [0.05, 0.1) is 5.69 Å². The molecule has 104 valence electrons. The molecule has 0 saturated carbocycles. The van der Waals surface area contributed by atoms with E-state index in [-0.39, 0.29) is 5.41 Å². The zero-order chi connectivity index (χ0) is 13.6. The Hall–Kier alpha value is -0.870. The Labute approximate surface area is 111 Å². The third kappa shape index (κ3) is 4.78. The predicted octanol–water partition coefficient (Wildman–Crippen LogP) is 2.23. The molecule has 0 unspecified atom stereocenters. The molecule has 0 amide bonds. The lowest BCUT2D eigenvalue weighted by Crippen LogP contribution is -2.20. The zero-order valence-corrected chi connectivity index (χ0v) is 12.4. The Kier molecular flexibility index (Phi) is 5.82. The fourth-order valence-corrected chi connectivity index (χ4v) is 2.02. The fourth-order valence-electron chi connectivity index (χ4n) is 2.02. The SMILES string of the molecule is COCCCCNCc1cn(C)nc1C(C)(C)C. The lowest BCUT2D eigenvalue weighted by molar-refractivity contribution is 0.192. The van der Waals surface area contributed by atoms with E-state index >= 15 is 0 Å². The molecule has 0 atom stereocenters. The van der Waals surface area contributed by atoms with Gasteiger partial charge in [-0.1, -0.05) is 20.8 Å². The molecule has 1 rings (SSSR count). The summed E-state index contributed by atoms with van der Waals surface area (Å²) in [5, 5.41) is 8.04. The van der Waals surface area contributed by atoms with Gasteiger partial charge in [0.1, 0.15) is 0 Å². The van der Waals surface area contributed by atoms with Gasteiger partial charge in [-0.3, -0.25) is 4.68 Å². The average Bonchev–Trinajstić information content (AvgIpc) is 2.64. The van der Waals surface area contributed by atoms with Crippen LogP contribution in [0.15, 0.2) is 6.20 Å². The number of rotatable bonds is 7. The molecule has 1 N–H and O–H groups in total. The summed E-state index contributed by atoms with van der Waals surface area (Å²) in [5.74, 6) is 0. The van der Waals surface area contributed by atoms with Gasteiger partial charge in [-0.2, -0.15) is 5.10 Å². The molecule has 0 bridgehead atoms. The molecule has 4 heteroatoms. The highest BCUT2D eigenvalue weighted by molar-refractivity contribution is 5.23. The maximum absolute atomic E-state index is 5.03. The summed E-state index contributed by atoms with van der Waals surface area (Å²) in [7, 11) is 3.73. The van der Waals surface area contributed by atoms with Gasteiger partial charge in [-0.05, 0) is 19.4 Å². The number of ether oxygens (including phenoxy) is 1. The van der Waals surface area contributed by atoms with Crippen LogP contribution in [0, 0.1) is 0 Å². The number of aryl methyl sites for hydroxylation is 1. The second-order valence-electron chi connectivity index (χ2n) is 5.80. The molecule has 0 spiro atoms. The summed E-state index contributed by atoms with van der Waals surface area (Å²) in [6, 6.07) is 0. The average molecular weight is 253 g/mol. The van der Waals surface area contributed by atoms with Crippen molar-refractivity contribution in [2.45, 2.75) is 45.6 Å². The molecule has 1 heterocycles. The largest absolute Gasteiger partial charge is 0.385 e. The monoisotopic (exact) mass is 253 g/mol. The van der Waals surface area contributed by atoms with Crippen LogP contribution in [0.4, 0.5) is 0 Å². The van der Waals surface area contributed by atoms with Gasteiger partial charge in [0, 0.05) is 44.5 Å². The Morgan fingerprint density at radius 3 is 2.67 bits per heavy atom. The van der Waals surface area contributed by atoms with Crippen molar-refractivity contribution in [3.05, 3.63) is 17.5 Å². The van der Waals surface area contributed by atoms with Crippen molar-refractivity contribution in [2.24, 2.45) is 7.05 Å². The van der Waals surface area contributed by atoms with Crippen LogP contribution < -0.4 is 5.32 Å². The topological polar surface area (TPSA) is 39.1 Å². The van der Waals surface area contributed by atoms with Gasteiger partial charge in [-0.25, -0.2) is 0 Å². The Morgan fingerprint density at radius 2 is 2.06 bits per heavy atom. The van der Waals surface area contributed by atoms with Gasteiger partial charge in [-0.15, -0.1) is 0 Å². The molecule has 0 aliphatic heterocycles. The van der Waals surface area contributed by atoms with Crippen LogP contribution in [0.5, 0.6) is 0 Å². The van der Waals surface area contributed by atoms with E-state index in [0.29, 0.717) is 0 Å². The minimum absolute atomic E-state index is 0.105. The minimum Gasteiger partial charge on any atom is -0.385 e. The van der Waals surface area contributed by atoms with Crippen LogP contribution in [0.1, 0.15) is 44.9 Å². The van der Waals surface area contributed by atoms with E-state index in [1.54, 1.807) is 7.11 Å². The summed E-state index contributed by atoms with van der Waals surface area (Å²) in [6.45, 7) is 9.39. The van der Waals surface area contributed by atoms with E-state index in [4.69, 9.17) is 4.74 Å². The van der Waals surface area contributed by atoms with Crippen LogP contribution >= 0.6 is 0 Å². The number of hydrogen-bond donors (Lipinski definition) is 1. The highest BCUT2D eigenvalue weighted by atomic mass is 16.5. The minimum atomic E-state index is 0.105. The first kappa shape index (κ1) is 15.2. The molecule has 0 fully saturated rings. The number of aromatic nitrogens is 2. The van der Waals surface area contributed by atoms with Crippen molar-refractivity contribution < 1.29 is 4.74 Å². The van der Waals surface area contributed by atoms with Crippen molar-refractivity contribution in [2.75, 3.05) is 20.3 Å². The normalized spacial score (nSPS) is 12.1. The summed E-state index contributed by atoms with van der Waals surface area (Å²) >= 11 is 0. The molecule has 0 aliphatic carbocycles. The molecule has 0 aliphatic rings. The molecule has 0 saturated heterocycles. The summed E-state index contributed by atoms with van der Waals surface area (Å²) in [5.41, 5.74) is 2.60. The predicted molar refractivity (Wildman–Crippen MR) is 74.7 cm³/mol. The first-order chi connectivity index (χ1) is 8.45. The van der Waals surface area contributed by atoms with E-state index in [1.165, 1.54) is 11.3 Å². The molecule has 18 heavy (non-hydrogen) atoms. The van der Waals surface area contributed by atoms with Crippen LogP contribution in [0.2, 0.25) is 0 Å². The third-order valence-corrected chi connectivity index (χ3v) is 2.88. The molecule has 4 nitrogen and oxygen atoms in total. The highest BCUT2D eigenvalue weighted by Crippen LogP contribution is 2.23. The second kappa shape index (κ2) is 6.90.